The number of rotatable bonds is 19. The Bertz CT molecular complexity index is 316. The Morgan fingerprint density at radius 3 is 1.64 bits per heavy atom. The summed E-state index contributed by atoms with van der Waals surface area (Å²) in [6.45, 7) is 12.1. The normalized spacial score (nSPS) is 16.7. The summed E-state index contributed by atoms with van der Waals surface area (Å²) in [7, 11) is 0. The van der Waals surface area contributed by atoms with E-state index in [9.17, 15) is 0 Å². The lowest BCUT2D eigenvalue weighted by Crippen LogP contribution is -2.50. The second-order valence-electron chi connectivity index (χ2n) is 9.31. The lowest BCUT2D eigenvalue weighted by Gasteiger charge is -2.34. The molecule has 0 aromatic rings. The molecule has 0 radical (unpaired) electrons. The van der Waals surface area contributed by atoms with Gasteiger partial charge in [0.05, 0.1) is 19.4 Å². The van der Waals surface area contributed by atoms with Crippen LogP contribution < -0.4 is 5.32 Å². The van der Waals surface area contributed by atoms with Crippen LogP contribution in [0, 0.1) is 5.92 Å². The van der Waals surface area contributed by atoms with Crippen molar-refractivity contribution in [1.82, 2.24) is 10.2 Å². The number of hydrogen-bond donors (Lipinski definition) is 1. The van der Waals surface area contributed by atoms with Gasteiger partial charge < -0.3 is 10.1 Å². The largest absolute Gasteiger partial charge is 0.379 e. The summed E-state index contributed by atoms with van der Waals surface area (Å²) in [5, 5.41) is 3.76. The third kappa shape index (κ3) is 14.8. The van der Waals surface area contributed by atoms with E-state index in [-0.39, 0.29) is 0 Å². The van der Waals surface area contributed by atoms with Gasteiger partial charge in [-0.2, -0.15) is 0 Å². The Hall–Kier alpha value is -0.120. The van der Waals surface area contributed by atoms with Crippen molar-refractivity contribution < 1.29 is 4.74 Å². The molecule has 168 valence electrons. The molecule has 0 aromatic heterocycles. The van der Waals surface area contributed by atoms with Crippen LogP contribution in [0.15, 0.2) is 0 Å². The summed E-state index contributed by atoms with van der Waals surface area (Å²) < 4.78 is 5.46. The number of unbranched alkanes of at least 4 members (excludes halogenated alkanes) is 12. The number of morpholine rings is 1. The molecule has 28 heavy (non-hydrogen) atoms. The van der Waals surface area contributed by atoms with Crippen LogP contribution in [0.25, 0.3) is 0 Å². The number of ether oxygens (including phenoxy) is 1. The van der Waals surface area contributed by atoms with E-state index >= 15 is 0 Å². The summed E-state index contributed by atoms with van der Waals surface area (Å²) in [6, 6.07) is 0. The second kappa shape index (κ2) is 18.9. The lowest BCUT2D eigenvalue weighted by molar-refractivity contribution is 0.00791. The first-order chi connectivity index (χ1) is 13.7. The van der Waals surface area contributed by atoms with Crippen LogP contribution >= 0.6 is 0 Å². The first-order valence-corrected chi connectivity index (χ1v) is 12.8. The van der Waals surface area contributed by atoms with Crippen LogP contribution in [0.4, 0.5) is 0 Å². The van der Waals surface area contributed by atoms with Gasteiger partial charge in [-0.1, -0.05) is 104 Å². The van der Waals surface area contributed by atoms with Crippen molar-refractivity contribution in [3.8, 4) is 0 Å². The summed E-state index contributed by atoms with van der Waals surface area (Å²) in [4.78, 5) is 2.55. The average Bonchev–Trinajstić information content (AvgIpc) is 2.71. The summed E-state index contributed by atoms with van der Waals surface area (Å²) >= 11 is 0. The summed E-state index contributed by atoms with van der Waals surface area (Å²) in [6.07, 6.45) is 21.9. The number of hydrogen-bond acceptors (Lipinski definition) is 3. The smallest absolute Gasteiger partial charge is 0.0596 e. The Morgan fingerprint density at radius 1 is 0.714 bits per heavy atom. The van der Waals surface area contributed by atoms with Gasteiger partial charge in [0.2, 0.25) is 0 Å². The lowest BCUT2D eigenvalue weighted by atomic mass is 10.0. The molecule has 1 fully saturated rings. The predicted octanol–water partition coefficient (Wildman–Crippen LogP) is 6.76. The molecular formula is C25H52N2O. The maximum absolute atomic E-state index is 5.46. The van der Waals surface area contributed by atoms with Crippen molar-refractivity contribution in [2.45, 2.75) is 123 Å². The average molecular weight is 397 g/mol. The first-order valence-electron chi connectivity index (χ1n) is 12.8. The molecule has 1 aliphatic heterocycles. The Labute approximate surface area is 177 Å². The minimum absolute atomic E-state index is 0.555. The van der Waals surface area contributed by atoms with E-state index in [1.165, 1.54) is 103 Å². The maximum atomic E-state index is 5.46. The van der Waals surface area contributed by atoms with E-state index < -0.39 is 0 Å². The molecule has 1 rings (SSSR count). The highest BCUT2D eigenvalue weighted by Gasteiger charge is 2.18. The molecule has 0 aliphatic carbocycles. The summed E-state index contributed by atoms with van der Waals surface area (Å²) in [5.74, 6) is 0.889. The standard InChI is InChI=1S/C25H52N2O/c1-4-25(27-20-22-28-23-21-27)26-19-17-15-13-11-9-7-5-6-8-10-12-14-16-18-24(2)3/h24-26H,4-23H2,1-3H3. The fourth-order valence-electron chi connectivity index (χ4n) is 4.31. The maximum Gasteiger partial charge on any atom is 0.0596 e. The molecule has 1 aliphatic rings. The van der Waals surface area contributed by atoms with Crippen LogP contribution in [-0.4, -0.2) is 43.9 Å². The van der Waals surface area contributed by atoms with E-state index in [2.05, 4.69) is 31.0 Å². The van der Waals surface area contributed by atoms with Gasteiger partial charge in [0.15, 0.2) is 0 Å². The van der Waals surface area contributed by atoms with Crippen LogP contribution in [0.1, 0.15) is 117 Å². The van der Waals surface area contributed by atoms with Crippen LogP contribution in [0.3, 0.4) is 0 Å². The zero-order valence-electron chi connectivity index (χ0n) is 19.7. The molecule has 1 N–H and O–H groups in total. The van der Waals surface area contributed by atoms with E-state index in [1.807, 2.05) is 0 Å². The van der Waals surface area contributed by atoms with Crippen LogP contribution in [0.2, 0.25) is 0 Å². The minimum atomic E-state index is 0.555. The van der Waals surface area contributed by atoms with Crippen molar-refractivity contribution in [2.24, 2.45) is 5.92 Å². The highest BCUT2D eigenvalue weighted by molar-refractivity contribution is 4.71. The molecule has 1 saturated heterocycles. The van der Waals surface area contributed by atoms with Crippen LogP contribution in [-0.2, 0) is 4.74 Å². The van der Waals surface area contributed by atoms with Gasteiger partial charge in [-0.05, 0) is 25.3 Å². The predicted molar refractivity (Wildman–Crippen MR) is 124 cm³/mol. The van der Waals surface area contributed by atoms with Gasteiger partial charge >= 0.3 is 0 Å². The highest BCUT2D eigenvalue weighted by atomic mass is 16.5. The number of nitrogens with one attached hydrogen (secondary N) is 1. The molecule has 0 saturated carbocycles. The van der Waals surface area contributed by atoms with Gasteiger partial charge in [0, 0.05) is 13.1 Å². The zero-order valence-corrected chi connectivity index (χ0v) is 19.7. The first kappa shape index (κ1) is 25.9. The van der Waals surface area contributed by atoms with Crippen molar-refractivity contribution in [3.05, 3.63) is 0 Å². The zero-order chi connectivity index (χ0) is 20.3. The molecule has 3 nitrogen and oxygen atoms in total. The molecule has 0 bridgehead atoms. The molecule has 0 amide bonds. The van der Waals surface area contributed by atoms with E-state index in [0.29, 0.717) is 6.17 Å². The van der Waals surface area contributed by atoms with Crippen molar-refractivity contribution >= 4 is 0 Å². The van der Waals surface area contributed by atoms with E-state index in [0.717, 1.165) is 32.2 Å². The minimum Gasteiger partial charge on any atom is -0.379 e. The van der Waals surface area contributed by atoms with Crippen molar-refractivity contribution in [3.63, 3.8) is 0 Å². The van der Waals surface area contributed by atoms with Crippen molar-refractivity contribution in [2.75, 3.05) is 32.8 Å². The van der Waals surface area contributed by atoms with Gasteiger partial charge in [0.1, 0.15) is 0 Å². The van der Waals surface area contributed by atoms with E-state index in [1.54, 1.807) is 0 Å². The van der Waals surface area contributed by atoms with Gasteiger partial charge in [-0.15, -0.1) is 0 Å². The van der Waals surface area contributed by atoms with Gasteiger partial charge in [-0.3, -0.25) is 4.90 Å². The van der Waals surface area contributed by atoms with Crippen molar-refractivity contribution in [1.29, 1.82) is 0 Å². The fourth-order valence-corrected chi connectivity index (χ4v) is 4.31. The van der Waals surface area contributed by atoms with Crippen LogP contribution in [0.5, 0.6) is 0 Å². The third-order valence-electron chi connectivity index (χ3n) is 6.21. The monoisotopic (exact) mass is 396 g/mol. The second-order valence-corrected chi connectivity index (χ2v) is 9.31. The Morgan fingerprint density at radius 2 is 1.18 bits per heavy atom. The molecular weight excluding hydrogens is 344 g/mol. The van der Waals surface area contributed by atoms with Gasteiger partial charge in [0.25, 0.3) is 0 Å². The Kier molecular flexibility index (Phi) is 17.5. The quantitative estimate of drug-likeness (QED) is 0.244. The van der Waals surface area contributed by atoms with Gasteiger partial charge in [-0.25, -0.2) is 0 Å². The molecule has 0 spiro atoms. The molecule has 1 heterocycles. The fraction of sp³-hybridized carbons (Fsp3) is 1.00. The SMILES string of the molecule is CCC(NCCCCCCCCCCCCCCCC(C)C)N1CCOCC1. The Balaban J connectivity index is 1.77. The molecule has 1 atom stereocenters. The molecule has 0 aromatic carbocycles. The van der Waals surface area contributed by atoms with E-state index in [4.69, 9.17) is 4.74 Å². The third-order valence-corrected chi connectivity index (χ3v) is 6.21. The molecule has 3 heteroatoms. The highest BCUT2D eigenvalue weighted by Crippen LogP contribution is 2.14. The summed E-state index contributed by atoms with van der Waals surface area (Å²) in [5.41, 5.74) is 0. The molecule has 1 unspecified atom stereocenters. The number of nitrogens with zero attached hydrogens (tertiary/aromatic N) is 1. The topological polar surface area (TPSA) is 24.5 Å².